The smallest absolute Gasteiger partial charge is 0.270 e. The summed E-state index contributed by atoms with van der Waals surface area (Å²) in [5.41, 5.74) is 1.72. The summed E-state index contributed by atoms with van der Waals surface area (Å²) in [6, 6.07) is 6.49. The standard InChI is InChI=1S/C18H22N4O3S/c1-12(13-3-4-15-16(9-13)25-11-24-15)21-5-7-22(8-6-21)18-20-14(10-26-18)17(23)19-2/h3-4,9-10,12H,5-8,11H2,1-2H3,(H,19,23)/t12-/m1/s1. The lowest BCUT2D eigenvalue weighted by Gasteiger charge is -2.38. The van der Waals surface area contributed by atoms with Crippen LogP contribution < -0.4 is 19.7 Å². The largest absolute Gasteiger partial charge is 0.454 e. The van der Waals surface area contributed by atoms with Gasteiger partial charge in [-0.3, -0.25) is 9.69 Å². The molecule has 2 aliphatic rings. The van der Waals surface area contributed by atoms with E-state index in [0.717, 1.165) is 42.8 Å². The third-order valence-electron chi connectivity index (χ3n) is 4.96. The van der Waals surface area contributed by atoms with E-state index in [2.05, 4.69) is 39.2 Å². The van der Waals surface area contributed by atoms with Gasteiger partial charge in [0.1, 0.15) is 5.69 Å². The second-order valence-corrected chi connectivity index (χ2v) is 7.24. The maximum Gasteiger partial charge on any atom is 0.270 e. The molecular weight excluding hydrogens is 352 g/mol. The number of rotatable bonds is 4. The van der Waals surface area contributed by atoms with Gasteiger partial charge in [-0.2, -0.15) is 0 Å². The Morgan fingerprint density at radius 1 is 1.23 bits per heavy atom. The third-order valence-corrected chi connectivity index (χ3v) is 5.86. The highest BCUT2D eigenvalue weighted by atomic mass is 32.1. The molecule has 0 unspecified atom stereocenters. The van der Waals surface area contributed by atoms with Crippen molar-refractivity contribution in [1.82, 2.24) is 15.2 Å². The first-order chi connectivity index (χ1) is 12.7. The van der Waals surface area contributed by atoms with Crippen LogP contribution in [0.25, 0.3) is 0 Å². The second-order valence-electron chi connectivity index (χ2n) is 6.41. The van der Waals surface area contributed by atoms with Crippen LogP contribution in [0, 0.1) is 0 Å². The molecule has 1 atom stereocenters. The van der Waals surface area contributed by atoms with E-state index in [9.17, 15) is 4.79 Å². The van der Waals surface area contributed by atoms with E-state index < -0.39 is 0 Å². The van der Waals surface area contributed by atoms with Crippen LogP contribution in [0.15, 0.2) is 23.6 Å². The highest BCUT2D eigenvalue weighted by Gasteiger charge is 2.25. The van der Waals surface area contributed by atoms with Crippen LogP contribution in [0.1, 0.15) is 29.0 Å². The SMILES string of the molecule is CNC(=O)c1csc(N2CCN([C@H](C)c3ccc4c(c3)OCO4)CC2)n1. The molecule has 26 heavy (non-hydrogen) atoms. The van der Waals surface area contributed by atoms with Crippen molar-refractivity contribution in [2.24, 2.45) is 0 Å². The van der Waals surface area contributed by atoms with E-state index in [4.69, 9.17) is 9.47 Å². The predicted octanol–water partition coefficient (Wildman–Crippen LogP) is 2.11. The summed E-state index contributed by atoms with van der Waals surface area (Å²) < 4.78 is 10.9. The Kier molecular flexibility index (Phi) is 4.69. The summed E-state index contributed by atoms with van der Waals surface area (Å²) in [7, 11) is 1.62. The molecule has 1 fully saturated rings. The zero-order valence-electron chi connectivity index (χ0n) is 14.9. The average molecular weight is 374 g/mol. The maximum atomic E-state index is 11.7. The van der Waals surface area contributed by atoms with Crippen molar-refractivity contribution < 1.29 is 14.3 Å². The van der Waals surface area contributed by atoms with Crippen molar-refractivity contribution in [3.8, 4) is 11.5 Å². The van der Waals surface area contributed by atoms with Gasteiger partial charge in [-0.1, -0.05) is 6.07 Å². The van der Waals surface area contributed by atoms with E-state index in [1.807, 2.05) is 11.4 Å². The van der Waals surface area contributed by atoms with Crippen molar-refractivity contribution in [3.05, 3.63) is 34.8 Å². The zero-order valence-corrected chi connectivity index (χ0v) is 15.7. The Morgan fingerprint density at radius 2 is 2.00 bits per heavy atom. The summed E-state index contributed by atoms with van der Waals surface area (Å²) in [6.45, 7) is 6.22. The number of carbonyl (C=O) groups excluding carboxylic acids is 1. The van der Waals surface area contributed by atoms with Crippen molar-refractivity contribution >= 4 is 22.4 Å². The minimum absolute atomic E-state index is 0.137. The maximum absolute atomic E-state index is 11.7. The molecule has 138 valence electrons. The lowest BCUT2D eigenvalue weighted by atomic mass is 10.1. The van der Waals surface area contributed by atoms with Crippen molar-refractivity contribution in [2.45, 2.75) is 13.0 Å². The fraction of sp³-hybridized carbons (Fsp3) is 0.444. The molecule has 1 aromatic heterocycles. The van der Waals surface area contributed by atoms with Gasteiger partial charge in [0.25, 0.3) is 5.91 Å². The molecular formula is C18H22N4O3S. The number of piperazine rings is 1. The monoisotopic (exact) mass is 374 g/mol. The van der Waals surface area contributed by atoms with E-state index >= 15 is 0 Å². The zero-order chi connectivity index (χ0) is 18.1. The lowest BCUT2D eigenvalue weighted by molar-refractivity contribution is 0.0959. The number of hydrogen-bond donors (Lipinski definition) is 1. The Bertz CT molecular complexity index is 801. The topological polar surface area (TPSA) is 66.9 Å². The molecule has 4 rings (SSSR count). The second kappa shape index (κ2) is 7.13. The van der Waals surface area contributed by atoms with Crippen LogP contribution in [0.2, 0.25) is 0 Å². The number of ether oxygens (including phenoxy) is 2. The summed E-state index contributed by atoms with van der Waals surface area (Å²) in [4.78, 5) is 20.8. The number of nitrogens with one attached hydrogen (secondary N) is 1. The van der Waals surface area contributed by atoms with Crippen molar-refractivity contribution in [1.29, 1.82) is 0 Å². The fourth-order valence-electron chi connectivity index (χ4n) is 3.33. The normalized spacial score (nSPS) is 18.0. The summed E-state index contributed by atoms with van der Waals surface area (Å²) >= 11 is 1.52. The molecule has 0 radical (unpaired) electrons. The molecule has 3 heterocycles. The number of hydrogen-bond acceptors (Lipinski definition) is 7. The number of nitrogens with zero attached hydrogens (tertiary/aromatic N) is 3. The highest BCUT2D eigenvalue weighted by molar-refractivity contribution is 7.13. The van der Waals surface area contributed by atoms with Crippen LogP contribution in [-0.4, -0.2) is 55.8 Å². The summed E-state index contributed by atoms with van der Waals surface area (Å²) in [5.74, 6) is 1.52. The molecule has 1 saturated heterocycles. The van der Waals surface area contributed by atoms with Gasteiger partial charge in [0.15, 0.2) is 16.6 Å². The van der Waals surface area contributed by atoms with Gasteiger partial charge in [-0.15, -0.1) is 11.3 Å². The number of thiazole rings is 1. The van der Waals surface area contributed by atoms with Crippen LogP contribution >= 0.6 is 11.3 Å². The van der Waals surface area contributed by atoms with Crippen molar-refractivity contribution in [2.75, 3.05) is 44.9 Å². The van der Waals surface area contributed by atoms with Gasteiger partial charge in [0.05, 0.1) is 0 Å². The first kappa shape index (κ1) is 17.1. The lowest BCUT2D eigenvalue weighted by Crippen LogP contribution is -2.47. The first-order valence-electron chi connectivity index (χ1n) is 8.72. The van der Waals surface area contributed by atoms with Crippen LogP contribution in [0.3, 0.4) is 0 Å². The first-order valence-corrected chi connectivity index (χ1v) is 9.60. The fourth-order valence-corrected chi connectivity index (χ4v) is 4.19. The third kappa shape index (κ3) is 3.22. The average Bonchev–Trinajstić information content (AvgIpc) is 3.35. The molecule has 1 N–H and O–H groups in total. The quantitative estimate of drug-likeness (QED) is 0.884. The van der Waals surface area contributed by atoms with Gasteiger partial charge in [0.2, 0.25) is 6.79 Å². The Balaban J connectivity index is 1.38. The van der Waals surface area contributed by atoms with Gasteiger partial charge in [-0.25, -0.2) is 4.98 Å². The highest BCUT2D eigenvalue weighted by Crippen LogP contribution is 2.35. The van der Waals surface area contributed by atoms with E-state index in [0.29, 0.717) is 18.5 Å². The van der Waals surface area contributed by atoms with Crippen LogP contribution in [0.5, 0.6) is 11.5 Å². The van der Waals surface area contributed by atoms with Crippen LogP contribution in [0.4, 0.5) is 5.13 Å². The van der Waals surface area contributed by atoms with Crippen molar-refractivity contribution in [3.63, 3.8) is 0 Å². The molecule has 0 aliphatic carbocycles. The molecule has 2 aromatic rings. The van der Waals surface area contributed by atoms with Gasteiger partial charge in [-0.05, 0) is 24.6 Å². The molecule has 0 saturated carbocycles. The minimum atomic E-state index is -0.137. The number of fused-ring (bicyclic) bond motifs is 1. The van der Waals surface area contributed by atoms with E-state index in [1.165, 1.54) is 16.9 Å². The summed E-state index contributed by atoms with van der Waals surface area (Å²) in [5, 5.41) is 5.35. The number of carbonyl (C=O) groups is 1. The minimum Gasteiger partial charge on any atom is -0.454 e. The molecule has 8 heteroatoms. The van der Waals surface area contributed by atoms with E-state index in [-0.39, 0.29) is 5.91 Å². The Hall–Kier alpha value is -2.32. The molecule has 0 spiro atoms. The van der Waals surface area contributed by atoms with E-state index in [1.54, 1.807) is 7.05 Å². The summed E-state index contributed by atoms with van der Waals surface area (Å²) in [6.07, 6.45) is 0. The van der Waals surface area contributed by atoms with Gasteiger partial charge < -0.3 is 19.7 Å². The number of amides is 1. The number of benzene rings is 1. The molecule has 1 amide bonds. The predicted molar refractivity (Wildman–Crippen MR) is 100 cm³/mol. The molecule has 7 nitrogen and oxygen atoms in total. The van der Waals surface area contributed by atoms with Gasteiger partial charge in [0, 0.05) is 44.6 Å². The Labute approximate surface area is 156 Å². The molecule has 2 aliphatic heterocycles. The number of anilines is 1. The number of aromatic nitrogens is 1. The Morgan fingerprint density at radius 3 is 2.77 bits per heavy atom. The van der Waals surface area contributed by atoms with Crippen LogP contribution in [-0.2, 0) is 0 Å². The molecule has 1 aromatic carbocycles. The van der Waals surface area contributed by atoms with Gasteiger partial charge >= 0.3 is 0 Å². The molecule has 0 bridgehead atoms.